The van der Waals surface area contributed by atoms with Crippen molar-refractivity contribution in [3.8, 4) is 11.4 Å². The smallest absolute Gasteiger partial charge is 0.273 e. The second-order valence-electron chi connectivity index (χ2n) is 7.49. The third-order valence-electron chi connectivity index (χ3n) is 5.49. The Morgan fingerprint density at radius 3 is 2.81 bits per heavy atom. The molecule has 0 bridgehead atoms. The zero-order valence-electron chi connectivity index (χ0n) is 14.9. The highest BCUT2D eigenvalue weighted by atomic mass is 32.1. The first kappa shape index (κ1) is 16.6. The third-order valence-corrected chi connectivity index (χ3v) is 6.08. The minimum atomic E-state index is 0.0251. The lowest BCUT2D eigenvalue weighted by Crippen LogP contribution is -2.59. The molecule has 138 valence electrons. The van der Waals surface area contributed by atoms with Gasteiger partial charge in [-0.25, -0.2) is 4.98 Å². The van der Waals surface area contributed by atoms with Crippen molar-refractivity contribution >= 4 is 17.2 Å². The molecule has 0 saturated carbocycles. The van der Waals surface area contributed by atoms with Crippen LogP contribution in [0.15, 0.2) is 45.7 Å². The number of nitrogens with zero attached hydrogens (tertiary/aromatic N) is 5. The summed E-state index contributed by atoms with van der Waals surface area (Å²) < 4.78 is 5.58. The molecule has 1 atom stereocenters. The van der Waals surface area contributed by atoms with Gasteiger partial charge in [0.15, 0.2) is 0 Å². The van der Waals surface area contributed by atoms with Crippen LogP contribution in [0, 0.1) is 5.41 Å². The predicted molar refractivity (Wildman–Crippen MR) is 100 cm³/mol. The first-order valence-electron chi connectivity index (χ1n) is 8.90. The molecule has 0 N–H and O–H groups in total. The summed E-state index contributed by atoms with van der Waals surface area (Å²) in [6, 6.07) is 9.93. The molecule has 4 heterocycles. The van der Waals surface area contributed by atoms with Crippen LogP contribution in [0.3, 0.4) is 0 Å². The summed E-state index contributed by atoms with van der Waals surface area (Å²) in [5, 5.41) is 5.96. The molecule has 1 unspecified atom stereocenters. The van der Waals surface area contributed by atoms with Crippen LogP contribution in [0.1, 0.15) is 28.8 Å². The maximum Gasteiger partial charge on any atom is 0.273 e. The lowest BCUT2D eigenvalue weighted by Gasteiger charge is -2.47. The van der Waals surface area contributed by atoms with Gasteiger partial charge in [0, 0.05) is 36.0 Å². The van der Waals surface area contributed by atoms with Crippen LogP contribution in [-0.4, -0.2) is 57.5 Å². The van der Waals surface area contributed by atoms with E-state index >= 15 is 0 Å². The van der Waals surface area contributed by atoms with Gasteiger partial charge in [0.25, 0.3) is 5.91 Å². The molecule has 0 radical (unpaired) electrons. The molecular weight excluding hydrogens is 362 g/mol. The molecule has 5 rings (SSSR count). The van der Waals surface area contributed by atoms with E-state index in [4.69, 9.17) is 4.52 Å². The molecule has 2 aliphatic heterocycles. The number of likely N-dealkylation sites (tertiary alicyclic amines) is 2. The molecule has 2 aromatic heterocycles. The molecule has 27 heavy (non-hydrogen) atoms. The highest BCUT2D eigenvalue weighted by Gasteiger charge is 2.53. The van der Waals surface area contributed by atoms with E-state index in [1.165, 1.54) is 11.3 Å². The molecule has 0 aliphatic carbocycles. The van der Waals surface area contributed by atoms with Crippen molar-refractivity contribution in [3.63, 3.8) is 0 Å². The van der Waals surface area contributed by atoms with E-state index in [-0.39, 0.29) is 17.4 Å². The topological polar surface area (TPSA) is 75.4 Å². The van der Waals surface area contributed by atoms with Crippen molar-refractivity contribution in [1.82, 2.24) is 24.9 Å². The Labute approximate surface area is 160 Å². The van der Waals surface area contributed by atoms with E-state index in [0.717, 1.165) is 31.6 Å². The van der Waals surface area contributed by atoms with Gasteiger partial charge in [-0.1, -0.05) is 35.5 Å². The fourth-order valence-electron chi connectivity index (χ4n) is 4.24. The Kier molecular flexibility index (Phi) is 3.84. The first-order valence-corrected chi connectivity index (χ1v) is 9.85. The first-order chi connectivity index (χ1) is 13.1. The Hall–Kier alpha value is -2.58. The van der Waals surface area contributed by atoms with Crippen molar-refractivity contribution in [2.24, 2.45) is 5.41 Å². The Balaban J connectivity index is 1.29. The molecule has 1 aromatic carbocycles. The highest BCUT2D eigenvalue weighted by Crippen LogP contribution is 2.47. The van der Waals surface area contributed by atoms with Crippen LogP contribution in [0.4, 0.5) is 0 Å². The molecule has 2 fully saturated rings. The van der Waals surface area contributed by atoms with E-state index in [0.29, 0.717) is 17.4 Å². The zero-order chi connectivity index (χ0) is 18.4. The van der Waals surface area contributed by atoms with Crippen LogP contribution < -0.4 is 0 Å². The van der Waals surface area contributed by atoms with Gasteiger partial charge in [-0.3, -0.25) is 9.69 Å². The molecule has 1 amide bonds. The predicted octanol–water partition coefficient (Wildman–Crippen LogP) is 2.71. The average molecular weight is 381 g/mol. The van der Waals surface area contributed by atoms with Gasteiger partial charge < -0.3 is 9.42 Å². The van der Waals surface area contributed by atoms with Crippen LogP contribution in [-0.2, 0) is 0 Å². The summed E-state index contributed by atoms with van der Waals surface area (Å²) in [6.45, 7) is 2.43. The average Bonchev–Trinajstić information content (AvgIpc) is 3.40. The Bertz CT molecular complexity index is 950. The lowest BCUT2D eigenvalue weighted by atomic mass is 9.77. The molecule has 1 spiro atoms. The molecule has 2 saturated heterocycles. The number of benzene rings is 1. The maximum absolute atomic E-state index is 12.4. The number of amides is 1. The summed E-state index contributed by atoms with van der Waals surface area (Å²) in [6.07, 6.45) is 0.917. The Morgan fingerprint density at radius 1 is 1.26 bits per heavy atom. The Morgan fingerprint density at radius 2 is 2.07 bits per heavy atom. The van der Waals surface area contributed by atoms with Crippen molar-refractivity contribution in [3.05, 3.63) is 52.8 Å². The van der Waals surface area contributed by atoms with Gasteiger partial charge in [0.2, 0.25) is 11.7 Å². The van der Waals surface area contributed by atoms with Crippen molar-refractivity contribution in [2.45, 2.75) is 12.5 Å². The molecule has 8 heteroatoms. The number of carbonyl (C=O) groups is 1. The van der Waals surface area contributed by atoms with Crippen LogP contribution in [0.2, 0.25) is 0 Å². The second kappa shape index (κ2) is 6.24. The normalized spacial score (nSPS) is 21.5. The van der Waals surface area contributed by atoms with Gasteiger partial charge in [-0.2, -0.15) is 4.98 Å². The minimum absolute atomic E-state index is 0.0251. The van der Waals surface area contributed by atoms with Gasteiger partial charge in [0.1, 0.15) is 5.69 Å². The monoisotopic (exact) mass is 381 g/mol. The lowest BCUT2D eigenvalue weighted by molar-refractivity contribution is 0.0110. The van der Waals surface area contributed by atoms with Gasteiger partial charge in [0.05, 0.1) is 11.6 Å². The number of hydrogen-bond donors (Lipinski definition) is 0. The maximum atomic E-state index is 12.4. The van der Waals surface area contributed by atoms with Crippen molar-refractivity contribution in [2.75, 3.05) is 26.7 Å². The number of aromatic nitrogens is 3. The number of thiazole rings is 1. The van der Waals surface area contributed by atoms with Gasteiger partial charge in [-0.05, 0) is 13.5 Å². The second-order valence-corrected chi connectivity index (χ2v) is 8.21. The molecule has 3 aromatic rings. The zero-order valence-corrected chi connectivity index (χ0v) is 15.7. The standard InChI is InChI=1S/C19H19N5O2S/c1-23-9-19(10-24(11-19)18(25)14-8-27-12-20-14)7-15(23)17-21-16(22-26-17)13-5-3-2-4-6-13/h2-6,8,12,15H,7,9-11H2,1H3. The number of carbonyl (C=O) groups excluding carboxylic acids is 1. The largest absolute Gasteiger partial charge is 0.337 e. The fourth-order valence-corrected chi connectivity index (χ4v) is 4.76. The van der Waals surface area contributed by atoms with Crippen LogP contribution >= 0.6 is 11.3 Å². The van der Waals surface area contributed by atoms with Crippen molar-refractivity contribution in [1.29, 1.82) is 0 Å². The van der Waals surface area contributed by atoms with Gasteiger partial charge >= 0.3 is 0 Å². The summed E-state index contributed by atoms with van der Waals surface area (Å²) in [4.78, 5) is 25.3. The molecule has 7 nitrogen and oxygen atoms in total. The highest BCUT2D eigenvalue weighted by molar-refractivity contribution is 7.07. The summed E-state index contributed by atoms with van der Waals surface area (Å²) in [5.41, 5.74) is 3.29. The van der Waals surface area contributed by atoms with Crippen LogP contribution in [0.25, 0.3) is 11.4 Å². The van der Waals surface area contributed by atoms with E-state index in [1.807, 2.05) is 35.2 Å². The molecule has 2 aliphatic rings. The van der Waals surface area contributed by atoms with Crippen LogP contribution in [0.5, 0.6) is 0 Å². The summed E-state index contributed by atoms with van der Waals surface area (Å²) in [7, 11) is 2.08. The quantitative estimate of drug-likeness (QED) is 0.694. The van der Waals surface area contributed by atoms with E-state index in [2.05, 4.69) is 27.1 Å². The van der Waals surface area contributed by atoms with Crippen molar-refractivity contribution < 1.29 is 9.32 Å². The summed E-state index contributed by atoms with van der Waals surface area (Å²) in [5.74, 6) is 1.29. The van der Waals surface area contributed by atoms with E-state index in [9.17, 15) is 4.79 Å². The van der Waals surface area contributed by atoms with E-state index < -0.39 is 0 Å². The third kappa shape index (κ3) is 2.85. The van der Waals surface area contributed by atoms with E-state index in [1.54, 1.807) is 10.9 Å². The molecular formula is C19H19N5O2S. The number of rotatable bonds is 3. The fraction of sp³-hybridized carbons (Fsp3) is 0.368. The number of hydrogen-bond acceptors (Lipinski definition) is 7. The summed E-state index contributed by atoms with van der Waals surface area (Å²) >= 11 is 1.45. The SMILES string of the molecule is CN1CC2(CC1c1nc(-c3ccccc3)no1)CN(C(=O)c1cscn1)C2. The minimum Gasteiger partial charge on any atom is -0.337 e. The van der Waals surface area contributed by atoms with Gasteiger partial charge in [-0.15, -0.1) is 11.3 Å².